The molecule has 4 nitrogen and oxygen atoms in total. The molecule has 26 heavy (non-hydrogen) atoms. The third-order valence-electron chi connectivity index (χ3n) is 4.71. The lowest BCUT2D eigenvalue weighted by Gasteiger charge is -2.22. The van der Waals surface area contributed by atoms with Crippen molar-refractivity contribution in [1.82, 2.24) is 4.90 Å². The normalized spacial score (nSPS) is 14.2. The van der Waals surface area contributed by atoms with E-state index in [4.69, 9.17) is 4.74 Å². The van der Waals surface area contributed by atoms with Crippen LogP contribution in [0.3, 0.4) is 0 Å². The number of carbonyl (C=O) groups is 2. The van der Waals surface area contributed by atoms with Gasteiger partial charge >= 0.3 is 5.97 Å². The van der Waals surface area contributed by atoms with E-state index in [2.05, 4.69) is 6.08 Å². The number of ether oxygens (including phenoxy) is 1. The van der Waals surface area contributed by atoms with Crippen molar-refractivity contribution in [2.75, 3.05) is 20.2 Å². The van der Waals surface area contributed by atoms with Crippen molar-refractivity contribution in [3.05, 3.63) is 53.1 Å². The highest BCUT2D eigenvalue weighted by Crippen LogP contribution is 2.20. The predicted octanol–water partition coefficient (Wildman–Crippen LogP) is 4.29. The lowest BCUT2D eigenvalue weighted by atomic mass is 9.97. The summed E-state index contributed by atoms with van der Waals surface area (Å²) in [5, 5.41) is 0. The number of benzene rings is 1. The Morgan fingerprint density at radius 1 is 1.15 bits per heavy atom. The molecule has 0 bridgehead atoms. The van der Waals surface area contributed by atoms with Gasteiger partial charge in [-0.3, -0.25) is 9.59 Å². The van der Waals surface area contributed by atoms with E-state index in [-0.39, 0.29) is 18.3 Å². The number of carbonyl (C=O) groups excluding carboxylic acids is 2. The van der Waals surface area contributed by atoms with Crippen LogP contribution in [0.1, 0.15) is 49.7 Å². The van der Waals surface area contributed by atoms with Gasteiger partial charge in [0.1, 0.15) is 0 Å². The van der Waals surface area contributed by atoms with Gasteiger partial charge in [0.25, 0.3) is 0 Å². The molecule has 0 saturated heterocycles. The average molecular weight is 355 g/mol. The Hall–Kier alpha value is -2.36. The van der Waals surface area contributed by atoms with Gasteiger partial charge in [0.05, 0.1) is 13.5 Å². The van der Waals surface area contributed by atoms with E-state index < -0.39 is 0 Å². The molecule has 0 spiro atoms. The molecule has 2 rings (SSSR count). The van der Waals surface area contributed by atoms with Gasteiger partial charge in [-0.25, -0.2) is 0 Å². The first-order valence-electron chi connectivity index (χ1n) is 9.37. The largest absolute Gasteiger partial charge is 0.469 e. The fourth-order valence-electron chi connectivity index (χ4n) is 3.02. The lowest BCUT2D eigenvalue weighted by Crippen LogP contribution is -2.33. The molecule has 0 aliphatic heterocycles. The van der Waals surface area contributed by atoms with E-state index in [1.807, 2.05) is 37.3 Å². The summed E-state index contributed by atoms with van der Waals surface area (Å²) in [6, 6.07) is 8.03. The fourth-order valence-corrected chi connectivity index (χ4v) is 3.02. The molecule has 1 amide bonds. The molecule has 0 radical (unpaired) electrons. The first-order chi connectivity index (χ1) is 12.6. The van der Waals surface area contributed by atoms with Gasteiger partial charge in [-0.05, 0) is 50.7 Å². The van der Waals surface area contributed by atoms with Crippen LogP contribution >= 0.6 is 0 Å². The molecule has 0 saturated carbocycles. The highest BCUT2D eigenvalue weighted by atomic mass is 16.5. The molecule has 0 aromatic heterocycles. The van der Waals surface area contributed by atoms with Crippen molar-refractivity contribution in [3.8, 4) is 0 Å². The van der Waals surface area contributed by atoms with E-state index in [0.29, 0.717) is 13.1 Å². The Bertz CT molecular complexity index is 658. The molecule has 0 N–H and O–H groups in total. The molecule has 1 aromatic rings. The maximum atomic E-state index is 12.6. The Balaban J connectivity index is 1.97. The zero-order valence-corrected chi connectivity index (χ0v) is 15.9. The van der Waals surface area contributed by atoms with Crippen LogP contribution in [0.5, 0.6) is 0 Å². The topological polar surface area (TPSA) is 46.6 Å². The summed E-state index contributed by atoms with van der Waals surface area (Å²) in [4.78, 5) is 25.8. The van der Waals surface area contributed by atoms with Gasteiger partial charge < -0.3 is 9.64 Å². The maximum Gasteiger partial charge on any atom is 0.307 e. The predicted molar refractivity (Wildman–Crippen MR) is 105 cm³/mol. The van der Waals surface area contributed by atoms with Gasteiger partial charge in [-0.1, -0.05) is 41.5 Å². The Kier molecular flexibility index (Phi) is 8.13. The summed E-state index contributed by atoms with van der Waals surface area (Å²) in [5.74, 6) is -0.354. The van der Waals surface area contributed by atoms with Crippen LogP contribution in [0.4, 0.5) is 0 Å². The third-order valence-corrected chi connectivity index (χ3v) is 4.71. The molecule has 1 aliphatic carbocycles. The second-order valence-electron chi connectivity index (χ2n) is 6.75. The molecule has 0 fully saturated rings. The summed E-state index contributed by atoms with van der Waals surface area (Å²) in [7, 11) is 1.37. The number of esters is 1. The molecule has 1 aromatic carbocycles. The van der Waals surface area contributed by atoms with Crippen LogP contribution in [0.15, 0.2) is 42.0 Å². The van der Waals surface area contributed by atoms with Gasteiger partial charge in [0.2, 0.25) is 5.91 Å². The van der Waals surface area contributed by atoms with Crippen molar-refractivity contribution in [2.45, 2.75) is 45.4 Å². The zero-order chi connectivity index (χ0) is 18.8. The Morgan fingerprint density at radius 2 is 1.92 bits per heavy atom. The van der Waals surface area contributed by atoms with Crippen molar-refractivity contribution in [1.29, 1.82) is 0 Å². The number of nitrogens with zero attached hydrogens (tertiary/aromatic N) is 1. The second-order valence-corrected chi connectivity index (χ2v) is 6.75. The van der Waals surface area contributed by atoms with Crippen molar-refractivity contribution in [3.63, 3.8) is 0 Å². The van der Waals surface area contributed by atoms with Crippen LogP contribution in [0.2, 0.25) is 0 Å². The first kappa shape index (κ1) is 20.0. The monoisotopic (exact) mass is 355 g/mol. The Labute approximate surface area is 156 Å². The summed E-state index contributed by atoms with van der Waals surface area (Å²) in [5.41, 5.74) is 3.61. The van der Waals surface area contributed by atoms with Gasteiger partial charge in [-0.2, -0.15) is 0 Å². The molecule has 4 heteroatoms. The minimum Gasteiger partial charge on any atom is -0.469 e. The summed E-state index contributed by atoms with van der Waals surface area (Å²) in [6.07, 6.45) is 11.6. The maximum absolute atomic E-state index is 12.6. The molecule has 0 heterocycles. The van der Waals surface area contributed by atoms with E-state index in [0.717, 1.165) is 24.8 Å². The number of rotatable bonds is 8. The number of amides is 1. The number of hydrogen-bond acceptors (Lipinski definition) is 3. The molecule has 140 valence electrons. The van der Waals surface area contributed by atoms with Crippen molar-refractivity contribution in [2.24, 2.45) is 0 Å². The molecular weight excluding hydrogens is 326 g/mol. The van der Waals surface area contributed by atoms with Crippen molar-refractivity contribution >= 4 is 18.0 Å². The smallest absolute Gasteiger partial charge is 0.307 e. The van der Waals surface area contributed by atoms with Crippen LogP contribution in [0, 0.1) is 6.92 Å². The molecule has 0 atom stereocenters. The quantitative estimate of drug-likeness (QED) is 0.397. The highest BCUT2D eigenvalue weighted by Gasteiger charge is 2.14. The van der Waals surface area contributed by atoms with Gasteiger partial charge in [0, 0.05) is 19.2 Å². The summed E-state index contributed by atoms with van der Waals surface area (Å²) >= 11 is 0. The summed E-state index contributed by atoms with van der Waals surface area (Å²) < 4.78 is 4.71. The van der Waals surface area contributed by atoms with E-state index in [9.17, 15) is 9.59 Å². The first-order valence-corrected chi connectivity index (χ1v) is 9.37. The summed E-state index contributed by atoms with van der Waals surface area (Å²) in [6.45, 7) is 3.06. The number of methoxy groups -OCH3 is 1. The SMILES string of the molecule is COC(=O)CCN(CCC1=CCCCC1)C(=O)/C=C/c1ccc(C)cc1. The Morgan fingerprint density at radius 3 is 2.58 bits per heavy atom. The minimum atomic E-state index is -0.290. The molecule has 0 unspecified atom stereocenters. The minimum absolute atomic E-state index is 0.0640. The number of allylic oxidation sites excluding steroid dienone is 1. The fraction of sp³-hybridized carbons (Fsp3) is 0.455. The lowest BCUT2D eigenvalue weighted by molar-refractivity contribution is -0.141. The zero-order valence-electron chi connectivity index (χ0n) is 15.9. The van der Waals surface area contributed by atoms with Gasteiger partial charge in [-0.15, -0.1) is 0 Å². The number of hydrogen-bond donors (Lipinski definition) is 0. The van der Waals surface area contributed by atoms with Crippen LogP contribution in [0.25, 0.3) is 6.08 Å². The van der Waals surface area contributed by atoms with Crippen LogP contribution in [-0.2, 0) is 14.3 Å². The molecule has 1 aliphatic rings. The van der Waals surface area contributed by atoms with E-state index >= 15 is 0 Å². The van der Waals surface area contributed by atoms with Gasteiger partial charge in [0.15, 0.2) is 0 Å². The van der Waals surface area contributed by atoms with Crippen LogP contribution < -0.4 is 0 Å². The average Bonchev–Trinajstić information content (AvgIpc) is 2.67. The second kappa shape index (κ2) is 10.6. The standard InChI is InChI=1S/C22H29NO3/c1-18-8-10-20(11-9-18)12-13-21(24)23(17-15-22(25)26-2)16-14-19-6-4-3-5-7-19/h6,8-13H,3-5,7,14-17H2,1-2H3/b13-12+. The number of aryl methyl sites for hydroxylation is 1. The van der Waals surface area contributed by atoms with E-state index in [1.165, 1.54) is 31.1 Å². The van der Waals surface area contributed by atoms with Crippen molar-refractivity contribution < 1.29 is 14.3 Å². The van der Waals surface area contributed by atoms with Crippen LogP contribution in [-0.4, -0.2) is 37.0 Å². The third kappa shape index (κ3) is 6.87. The molecular formula is C22H29NO3. The highest BCUT2D eigenvalue weighted by molar-refractivity contribution is 5.92. The van der Waals surface area contributed by atoms with E-state index in [1.54, 1.807) is 11.0 Å².